The van der Waals surface area contributed by atoms with Gasteiger partial charge in [-0.25, -0.2) is 0 Å². The van der Waals surface area contributed by atoms with Crippen molar-refractivity contribution >= 4 is 5.69 Å². The third-order valence-electron chi connectivity index (χ3n) is 3.74. The lowest BCUT2D eigenvalue weighted by molar-refractivity contribution is -0.386. The zero-order valence-electron chi connectivity index (χ0n) is 13.4. The average Bonchev–Trinajstić information content (AvgIpc) is 2.34. The molecule has 0 aliphatic carbocycles. The van der Waals surface area contributed by atoms with E-state index in [9.17, 15) is 10.1 Å². The normalized spacial score (nSPS) is 13.2. The molecular formula is C15H25N3O3. The predicted octanol–water partition coefficient (Wildman–Crippen LogP) is 2.49. The van der Waals surface area contributed by atoms with Gasteiger partial charge in [0.25, 0.3) is 5.69 Å². The van der Waals surface area contributed by atoms with E-state index in [0.717, 1.165) is 0 Å². The van der Waals surface area contributed by atoms with Crippen LogP contribution in [-0.4, -0.2) is 27.7 Å². The van der Waals surface area contributed by atoms with E-state index in [1.807, 2.05) is 0 Å². The van der Waals surface area contributed by atoms with Gasteiger partial charge in [-0.1, -0.05) is 20.8 Å². The fourth-order valence-electron chi connectivity index (χ4n) is 2.41. The number of aromatic nitrogens is 1. The van der Waals surface area contributed by atoms with E-state index >= 15 is 0 Å². The summed E-state index contributed by atoms with van der Waals surface area (Å²) in [6, 6.07) is 0.115. The van der Waals surface area contributed by atoms with Crippen molar-refractivity contribution in [2.75, 3.05) is 6.61 Å². The molecule has 0 aliphatic heterocycles. The number of nitrogens with one attached hydrogen (secondary N) is 1. The molecule has 1 aromatic heterocycles. The molecule has 0 spiro atoms. The number of pyridine rings is 1. The van der Waals surface area contributed by atoms with Gasteiger partial charge in [0.1, 0.15) is 0 Å². The van der Waals surface area contributed by atoms with Gasteiger partial charge in [0.2, 0.25) is 0 Å². The first-order valence-electron chi connectivity index (χ1n) is 7.12. The molecule has 6 heteroatoms. The van der Waals surface area contributed by atoms with Crippen LogP contribution >= 0.6 is 0 Å². The summed E-state index contributed by atoms with van der Waals surface area (Å²) in [5.74, 6) is 0. The summed E-state index contributed by atoms with van der Waals surface area (Å²) in [7, 11) is 0. The topological polar surface area (TPSA) is 88.3 Å². The molecule has 21 heavy (non-hydrogen) atoms. The number of aliphatic hydroxyl groups excluding tert-OH is 1. The fraction of sp³-hybridized carbons (Fsp3) is 0.667. The van der Waals surface area contributed by atoms with Gasteiger partial charge < -0.3 is 10.4 Å². The number of hydrogen-bond donors (Lipinski definition) is 2. The molecule has 0 amide bonds. The van der Waals surface area contributed by atoms with Crippen molar-refractivity contribution in [3.63, 3.8) is 0 Å². The largest absolute Gasteiger partial charge is 0.396 e. The first-order valence-corrected chi connectivity index (χ1v) is 7.12. The zero-order chi connectivity index (χ0) is 16.2. The smallest absolute Gasteiger partial charge is 0.278 e. The zero-order valence-corrected chi connectivity index (χ0v) is 13.4. The van der Waals surface area contributed by atoms with E-state index in [4.69, 9.17) is 5.11 Å². The minimum atomic E-state index is -0.356. The van der Waals surface area contributed by atoms with Gasteiger partial charge in [0.05, 0.1) is 10.6 Å². The van der Waals surface area contributed by atoms with Crippen molar-refractivity contribution in [2.45, 2.75) is 53.6 Å². The van der Waals surface area contributed by atoms with Crippen molar-refractivity contribution in [1.29, 1.82) is 0 Å². The summed E-state index contributed by atoms with van der Waals surface area (Å²) in [6.07, 6.45) is 2.18. The van der Waals surface area contributed by atoms with E-state index in [1.54, 1.807) is 20.0 Å². The molecule has 1 unspecified atom stereocenters. The molecule has 0 fully saturated rings. The minimum Gasteiger partial charge on any atom is -0.396 e. The molecule has 1 aromatic rings. The highest BCUT2D eigenvalue weighted by Gasteiger charge is 2.25. The summed E-state index contributed by atoms with van der Waals surface area (Å²) in [6.45, 7) is 10.3. The Morgan fingerprint density at radius 3 is 2.52 bits per heavy atom. The molecule has 1 atom stereocenters. The minimum absolute atomic E-state index is 0.00668. The van der Waals surface area contributed by atoms with Crippen LogP contribution in [0.2, 0.25) is 0 Å². The Bertz CT molecular complexity index is 510. The molecule has 1 rings (SSSR count). The van der Waals surface area contributed by atoms with E-state index in [-0.39, 0.29) is 28.7 Å². The Morgan fingerprint density at radius 1 is 1.43 bits per heavy atom. The van der Waals surface area contributed by atoms with Crippen LogP contribution in [0.1, 0.15) is 44.0 Å². The molecule has 0 bridgehead atoms. The fourth-order valence-corrected chi connectivity index (χ4v) is 2.41. The quantitative estimate of drug-likeness (QED) is 0.622. The number of aryl methyl sites for hydroxylation is 1. The van der Waals surface area contributed by atoms with Crippen molar-refractivity contribution < 1.29 is 10.0 Å². The van der Waals surface area contributed by atoms with Crippen molar-refractivity contribution in [3.8, 4) is 0 Å². The lowest BCUT2D eigenvalue weighted by Gasteiger charge is -2.31. The maximum Gasteiger partial charge on any atom is 0.278 e. The molecule has 0 saturated carbocycles. The standard InChI is InChI=1S/C15H25N3O3/c1-10-8-16-12(11(2)14(10)18(20)21)9-17-13(6-7-19)15(3,4)5/h8,13,17,19H,6-7,9H2,1-5H3. The predicted molar refractivity (Wildman–Crippen MR) is 82.2 cm³/mol. The summed E-state index contributed by atoms with van der Waals surface area (Å²) < 4.78 is 0. The first-order chi connectivity index (χ1) is 9.68. The Morgan fingerprint density at radius 2 is 2.05 bits per heavy atom. The third-order valence-corrected chi connectivity index (χ3v) is 3.74. The van der Waals surface area contributed by atoms with E-state index in [0.29, 0.717) is 29.8 Å². The monoisotopic (exact) mass is 295 g/mol. The van der Waals surface area contributed by atoms with E-state index in [2.05, 4.69) is 31.1 Å². The highest BCUT2D eigenvalue weighted by Crippen LogP contribution is 2.25. The van der Waals surface area contributed by atoms with Gasteiger partial charge in [0.15, 0.2) is 0 Å². The van der Waals surface area contributed by atoms with Crippen LogP contribution < -0.4 is 5.32 Å². The van der Waals surface area contributed by atoms with Crippen LogP contribution in [0, 0.1) is 29.4 Å². The average molecular weight is 295 g/mol. The van der Waals surface area contributed by atoms with Crippen molar-refractivity contribution in [2.24, 2.45) is 5.41 Å². The molecule has 118 valence electrons. The van der Waals surface area contributed by atoms with Crippen molar-refractivity contribution in [1.82, 2.24) is 10.3 Å². The summed E-state index contributed by atoms with van der Waals surface area (Å²) in [5, 5.41) is 23.6. The Labute approximate surface area is 125 Å². The van der Waals surface area contributed by atoms with Gasteiger partial charge in [-0.3, -0.25) is 15.1 Å². The lowest BCUT2D eigenvalue weighted by atomic mass is 9.85. The third kappa shape index (κ3) is 4.47. The lowest BCUT2D eigenvalue weighted by Crippen LogP contribution is -2.40. The molecule has 0 aliphatic rings. The van der Waals surface area contributed by atoms with Crippen LogP contribution in [0.3, 0.4) is 0 Å². The highest BCUT2D eigenvalue weighted by atomic mass is 16.6. The molecule has 0 saturated heterocycles. The van der Waals surface area contributed by atoms with Gasteiger partial charge >= 0.3 is 0 Å². The van der Waals surface area contributed by atoms with Gasteiger partial charge in [0, 0.05) is 36.5 Å². The maximum absolute atomic E-state index is 11.1. The highest BCUT2D eigenvalue weighted by molar-refractivity contribution is 5.47. The van der Waals surface area contributed by atoms with E-state index in [1.165, 1.54) is 0 Å². The molecule has 2 N–H and O–H groups in total. The Hall–Kier alpha value is -1.53. The Kier molecular flexibility index (Phi) is 5.80. The molecule has 0 aromatic carbocycles. The Balaban J connectivity index is 2.93. The second-order valence-corrected chi connectivity index (χ2v) is 6.43. The summed E-state index contributed by atoms with van der Waals surface area (Å²) in [5.41, 5.74) is 1.98. The SMILES string of the molecule is Cc1cnc(CNC(CCO)C(C)(C)C)c(C)c1[N+](=O)[O-]. The first kappa shape index (κ1) is 17.5. The number of hydrogen-bond acceptors (Lipinski definition) is 5. The van der Waals surface area contributed by atoms with Crippen LogP contribution in [0.15, 0.2) is 6.20 Å². The maximum atomic E-state index is 11.1. The summed E-state index contributed by atoms with van der Waals surface area (Å²) in [4.78, 5) is 15.1. The number of rotatable bonds is 6. The second kappa shape index (κ2) is 6.95. The number of nitro groups is 1. The molecular weight excluding hydrogens is 270 g/mol. The van der Waals surface area contributed by atoms with Crippen LogP contribution in [0.4, 0.5) is 5.69 Å². The molecule has 6 nitrogen and oxygen atoms in total. The van der Waals surface area contributed by atoms with Crippen LogP contribution in [-0.2, 0) is 6.54 Å². The van der Waals surface area contributed by atoms with E-state index < -0.39 is 0 Å². The molecule has 1 heterocycles. The van der Waals surface area contributed by atoms with Crippen molar-refractivity contribution in [3.05, 3.63) is 33.1 Å². The second-order valence-electron chi connectivity index (χ2n) is 6.43. The van der Waals surface area contributed by atoms with Crippen LogP contribution in [0.25, 0.3) is 0 Å². The van der Waals surface area contributed by atoms with Gasteiger partial charge in [-0.2, -0.15) is 0 Å². The van der Waals surface area contributed by atoms with Gasteiger partial charge in [-0.05, 0) is 25.7 Å². The van der Waals surface area contributed by atoms with Gasteiger partial charge in [-0.15, -0.1) is 0 Å². The van der Waals surface area contributed by atoms with Crippen LogP contribution in [0.5, 0.6) is 0 Å². The summed E-state index contributed by atoms with van der Waals surface area (Å²) >= 11 is 0. The molecule has 0 radical (unpaired) electrons. The number of nitrogens with zero attached hydrogens (tertiary/aromatic N) is 2. The number of aliphatic hydroxyl groups is 1.